The molecule has 6 heteroatoms. The van der Waals surface area contributed by atoms with Crippen molar-refractivity contribution < 1.29 is 14.1 Å². The van der Waals surface area contributed by atoms with Gasteiger partial charge < -0.3 is 4.74 Å². The van der Waals surface area contributed by atoms with E-state index in [2.05, 4.69) is 32.3 Å². The summed E-state index contributed by atoms with van der Waals surface area (Å²) in [5.74, 6) is 0.569. The number of rotatable bonds is 1. The molecule has 0 radical (unpaired) electrons. The van der Waals surface area contributed by atoms with Crippen molar-refractivity contribution in [3.05, 3.63) is 11.9 Å². The van der Waals surface area contributed by atoms with Crippen molar-refractivity contribution in [1.29, 1.82) is 0 Å². The predicted molar refractivity (Wildman–Crippen MR) is 70.9 cm³/mol. The molecule has 2 rings (SSSR count). The maximum atomic E-state index is 11.1. The van der Waals surface area contributed by atoms with Crippen molar-refractivity contribution in [2.45, 2.75) is 6.92 Å². The van der Waals surface area contributed by atoms with Crippen LogP contribution in [0.25, 0.3) is 0 Å². The number of hydrogen-bond acceptors (Lipinski definition) is 4. The Morgan fingerprint density at radius 2 is 2.33 bits per heavy atom. The zero-order valence-corrected chi connectivity index (χ0v) is 11.8. The third-order valence-corrected chi connectivity index (χ3v) is 3.00. The van der Waals surface area contributed by atoms with Gasteiger partial charge >= 0.3 is 11.1 Å². The van der Waals surface area contributed by atoms with Gasteiger partial charge in [0.15, 0.2) is 6.20 Å². The number of hydrogen-bond donors (Lipinski definition) is 0. The van der Waals surface area contributed by atoms with Crippen LogP contribution in [-0.2, 0) is 9.53 Å². The molecular weight excluding hydrogens is 327 g/mol. The van der Waals surface area contributed by atoms with E-state index in [1.165, 1.54) is 12.8 Å². The van der Waals surface area contributed by atoms with Gasteiger partial charge in [0.1, 0.15) is 0 Å². The summed E-state index contributed by atoms with van der Waals surface area (Å²) in [6.45, 7) is 2.02. The number of halogens is 1. The van der Waals surface area contributed by atoms with Crippen LogP contribution in [-0.4, -0.2) is 39.2 Å². The first-order chi connectivity index (χ1) is 7.22. The smallest absolute Gasteiger partial charge is 0.386 e. The van der Waals surface area contributed by atoms with E-state index >= 15 is 0 Å². The van der Waals surface area contributed by atoms with Gasteiger partial charge in [-0.3, -0.25) is 0 Å². The van der Waals surface area contributed by atoms with Crippen molar-refractivity contribution >= 4 is 51.2 Å². The second-order valence-corrected chi connectivity index (χ2v) is 3.74. The van der Waals surface area contributed by atoms with E-state index < -0.39 is 0 Å². The Hall–Kier alpha value is -0.370. The highest BCUT2D eigenvalue weighted by Crippen LogP contribution is 2.22. The van der Waals surface area contributed by atoms with E-state index in [-0.39, 0.29) is 5.97 Å². The number of carbonyl (C=O) groups excluding carboxylic acids is 1. The van der Waals surface area contributed by atoms with Crippen LogP contribution in [0.3, 0.4) is 0 Å². The lowest BCUT2D eigenvalue weighted by Crippen LogP contribution is -2.08. The standard InChI is InChI=1S/C8H9N2O2S.CH3I/c1-5-4-13-8-9-6(3-10(5)8)7(11)12-2;1-2/h3H,4H2,1-2H3;1H3/q+1;. The number of carbonyl (C=O) groups is 1. The number of fused-ring (bicyclic) bond motifs is 1. The maximum absolute atomic E-state index is 11.1. The van der Waals surface area contributed by atoms with Crippen LogP contribution in [0.2, 0.25) is 0 Å². The summed E-state index contributed by atoms with van der Waals surface area (Å²) in [6.07, 6.45) is 1.72. The van der Waals surface area contributed by atoms with Crippen molar-refractivity contribution in [3.8, 4) is 0 Å². The Morgan fingerprint density at radius 3 is 2.87 bits per heavy atom. The Balaban J connectivity index is 0.000000531. The van der Waals surface area contributed by atoms with Gasteiger partial charge in [-0.2, -0.15) is 4.58 Å². The summed E-state index contributed by atoms with van der Waals surface area (Å²) >= 11 is 3.78. The van der Waals surface area contributed by atoms with Gasteiger partial charge in [0.2, 0.25) is 0 Å². The van der Waals surface area contributed by atoms with E-state index in [4.69, 9.17) is 0 Å². The average Bonchev–Trinajstić information content (AvgIpc) is 2.83. The topological polar surface area (TPSA) is 41.7 Å². The van der Waals surface area contributed by atoms with Crippen LogP contribution in [0.5, 0.6) is 0 Å². The number of alkyl halides is 1. The molecule has 0 aromatic carbocycles. The van der Waals surface area contributed by atoms with E-state index in [1.807, 2.05) is 16.4 Å². The zero-order chi connectivity index (χ0) is 11.4. The van der Waals surface area contributed by atoms with Gasteiger partial charge in [-0.05, 0) is 28.6 Å². The van der Waals surface area contributed by atoms with Gasteiger partial charge in [-0.1, -0.05) is 22.6 Å². The Labute approximate surface area is 107 Å². The minimum absolute atomic E-state index is 0.379. The molecule has 0 N–H and O–H groups in total. The monoisotopic (exact) mass is 339 g/mol. The van der Waals surface area contributed by atoms with Crippen LogP contribution < -0.4 is 0 Å². The molecule has 15 heavy (non-hydrogen) atoms. The minimum Gasteiger partial charge on any atom is -0.463 e. The molecule has 2 aliphatic rings. The van der Waals surface area contributed by atoms with Crippen LogP contribution >= 0.6 is 34.4 Å². The van der Waals surface area contributed by atoms with Gasteiger partial charge in [-0.15, -0.1) is 0 Å². The molecule has 0 aliphatic carbocycles. The van der Waals surface area contributed by atoms with E-state index in [0.717, 1.165) is 10.9 Å². The number of amidine groups is 1. The fourth-order valence-corrected chi connectivity index (χ4v) is 2.17. The summed E-state index contributed by atoms with van der Waals surface area (Å²) in [5.41, 5.74) is 1.58. The molecule has 2 heterocycles. The SMILES string of the molecule is CI.COC(=O)C1=C[N+]2=C(C)CSC2=N1. The Kier molecular flexibility index (Phi) is 4.78. The largest absolute Gasteiger partial charge is 0.463 e. The number of esters is 1. The molecule has 0 aromatic heterocycles. The summed E-state index contributed by atoms with van der Waals surface area (Å²) in [7, 11) is 1.36. The van der Waals surface area contributed by atoms with E-state index in [0.29, 0.717) is 5.70 Å². The summed E-state index contributed by atoms with van der Waals surface area (Å²) in [4.78, 5) is 17.2. The normalized spacial score (nSPS) is 17.6. The van der Waals surface area contributed by atoms with Gasteiger partial charge in [0, 0.05) is 0 Å². The fraction of sp³-hybridized carbons (Fsp3) is 0.444. The Morgan fingerprint density at radius 1 is 1.67 bits per heavy atom. The summed E-state index contributed by atoms with van der Waals surface area (Å²) in [6, 6.07) is 0. The highest BCUT2D eigenvalue weighted by molar-refractivity contribution is 14.1. The number of thioether (sulfide) groups is 1. The van der Waals surface area contributed by atoms with Gasteiger partial charge in [0.05, 0.1) is 18.6 Å². The van der Waals surface area contributed by atoms with Crippen LogP contribution in [0.4, 0.5) is 0 Å². The summed E-state index contributed by atoms with van der Waals surface area (Å²) < 4.78 is 6.50. The molecule has 0 aromatic rings. The third-order valence-electron chi connectivity index (χ3n) is 1.89. The van der Waals surface area contributed by atoms with Crippen molar-refractivity contribution in [3.63, 3.8) is 0 Å². The second-order valence-electron chi connectivity index (χ2n) is 2.79. The first kappa shape index (κ1) is 12.7. The lowest BCUT2D eigenvalue weighted by molar-refractivity contribution is -0.312. The fourth-order valence-electron chi connectivity index (χ4n) is 1.18. The number of aliphatic imine (C=N–C) groups is 1. The molecule has 2 aliphatic heterocycles. The minimum atomic E-state index is -0.379. The molecule has 4 nitrogen and oxygen atoms in total. The van der Waals surface area contributed by atoms with Gasteiger partial charge in [-0.25, -0.2) is 4.79 Å². The van der Waals surface area contributed by atoms with E-state index in [9.17, 15) is 4.79 Å². The maximum Gasteiger partial charge on any atom is 0.386 e. The number of methoxy groups -OCH3 is 1. The summed E-state index contributed by atoms with van der Waals surface area (Å²) in [5, 5.41) is 0.873. The molecule has 0 fully saturated rings. The third kappa shape index (κ3) is 2.60. The lowest BCUT2D eigenvalue weighted by atomic mass is 10.4. The molecule has 0 saturated carbocycles. The van der Waals surface area contributed by atoms with E-state index in [1.54, 1.807) is 18.0 Å². The molecular formula is C9H12IN2O2S+. The first-order valence-corrected chi connectivity index (χ1v) is 7.38. The van der Waals surface area contributed by atoms with Crippen LogP contribution in [0.1, 0.15) is 6.92 Å². The molecule has 0 bridgehead atoms. The highest BCUT2D eigenvalue weighted by atomic mass is 127. The van der Waals surface area contributed by atoms with Crippen molar-refractivity contribution in [2.75, 3.05) is 17.8 Å². The van der Waals surface area contributed by atoms with Crippen LogP contribution in [0, 0.1) is 0 Å². The molecule has 0 amide bonds. The van der Waals surface area contributed by atoms with Crippen LogP contribution in [0.15, 0.2) is 16.9 Å². The predicted octanol–water partition coefficient (Wildman–Crippen LogP) is 1.64. The number of ether oxygens (including phenoxy) is 1. The molecule has 82 valence electrons. The molecule has 0 saturated heterocycles. The average molecular weight is 339 g/mol. The lowest BCUT2D eigenvalue weighted by Gasteiger charge is -1.88. The Bertz CT molecular complexity index is 374. The number of nitrogens with zero attached hydrogens (tertiary/aromatic N) is 2. The molecule has 0 spiro atoms. The van der Waals surface area contributed by atoms with Crippen molar-refractivity contribution in [1.82, 2.24) is 0 Å². The first-order valence-electron chi connectivity index (χ1n) is 4.23. The zero-order valence-electron chi connectivity index (χ0n) is 8.78. The van der Waals surface area contributed by atoms with Crippen molar-refractivity contribution in [2.24, 2.45) is 4.99 Å². The van der Waals surface area contributed by atoms with Gasteiger partial charge in [0.25, 0.3) is 5.70 Å². The molecule has 0 atom stereocenters. The quantitative estimate of drug-likeness (QED) is 0.316. The molecule has 0 unspecified atom stereocenters. The highest BCUT2D eigenvalue weighted by Gasteiger charge is 2.35. The second kappa shape index (κ2) is 5.64.